The number of fused-ring (bicyclic) bond motifs is 1. The molecule has 0 fully saturated rings. The van der Waals surface area contributed by atoms with E-state index < -0.39 is 22.0 Å². The molecular weight excluding hydrogens is 468 g/mol. The third-order valence-corrected chi connectivity index (χ3v) is 6.34. The highest BCUT2D eigenvalue weighted by atomic mass is 35.5. The highest BCUT2D eigenvalue weighted by Gasteiger charge is 2.29. The Morgan fingerprint density at radius 1 is 1.12 bits per heavy atom. The molecule has 2 aromatic carbocycles. The zero-order valence-electron chi connectivity index (χ0n) is 18.4. The number of halogens is 1. The Morgan fingerprint density at radius 2 is 1.76 bits per heavy atom. The van der Waals surface area contributed by atoms with Crippen molar-refractivity contribution in [2.75, 3.05) is 24.8 Å². The molecule has 1 N–H and O–H groups in total. The number of hydrogen-bond donors (Lipinski definition) is 1. The van der Waals surface area contributed by atoms with Crippen LogP contribution in [-0.4, -0.2) is 52.0 Å². The number of rotatable bonds is 8. The van der Waals surface area contributed by atoms with Crippen LogP contribution in [0.25, 0.3) is 10.9 Å². The van der Waals surface area contributed by atoms with Crippen LogP contribution in [0, 0.1) is 0 Å². The van der Waals surface area contributed by atoms with Crippen LogP contribution in [0.2, 0.25) is 5.15 Å². The van der Waals surface area contributed by atoms with Gasteiger partial charge in [-0.15, -0.1) is 0 Å². The number of anilines is 1. The standard InChI is InChI=1S/C22H23ClN4O5S/c1-14(27(33(4,29)30)17-6-9-18(31-2)10-7-17)22(28)26-24-13-16-11-15-5-8-19(32-3)12-20(15)25-21(16)23/h5-14H,1-4H3,(H,26,28)/b24-13-/t14-/m1/s1. The molecule has 1 aromatic heterocycles. The molecule has 0 unspecified atom stereocenters. The van der Waals surface area contributed by atoms with Crippen LogP contribution in [0.4, 0.5) is 5.69 Å². The molecule has 3 aromatic rings. The molecule has 174 valence electrons. The predicted octanol–water partition coefficient (Wildman–Crippen LogP) is 3.21. The maximum Gasteiger partial charge on any atom is 0.263 e. The summed E-state index contributed by atoms with van der Waals surface area (Å²) in [6, 6.07) is 12.4. The quantitative estimate of drug-likeness (QED) is 0.295. The van der Waals surface area contributed by atoms with Crippen LogP contribution in [0.1, 0.15) is 12.5 Å². The first-order chi connectivity index (χ1) is 15.6. The van der Waals surface area contributed by atoms with E-state index in [1.54, 1.807) is 49.6 Å². The fourth-order valence-corrected chi connectivity index (χ4v) is 4.52. The number of nitrogens with one attached hydrogen (secondary N) is 1. The number of ether oxygens (including phenoxy) is 2. The first kappa shape index (κ1) is 24.3. The Kier molecular flexibility index (Phi) is 7.39. The maximum absolute atomic E-state index is 12.7. The molecule has 0 saturated carbocycles. The minimum Gasteiger partial charge on any atom is -0.497 e. The Morgan fingerprint density at radius 3 is 2.36 bits per heavy atom. The van der Waals surface area contributed by atoms with E-state index >= 15 is 0 Å². The van der Waals surface area contributed by atoms with Crippen molar-refractivity contribution in [3.63, 3.8) is 0 Å². The van der Waals surface area contributed by atoms with E-state index in [1.165, 1.54) is 20.2 Å². The van der Waals surface area contributed by atoms with Crippen molar-refractivity contribution in [1.29, 1.82) is 0 Å². The highest BCUT2D eigenvalue weighted by molar-refractivity contribution is 7.92. The lowest BCUT2D eigenvalue weighted by atomic mass is 10.1. The van der Waals surface area contributed by atoms with Gasteiger partial charge in [0.05, 0.1) is 37.9 Å². The fourth-order valence-electron chi connectivity index (χ4n) is 3.15. The lowest BCUT2D eigenvalue weighted by Gasteiger charge is -2.27. The van der Waals surface area contributed by atoms with E-state index in [9.17, 15) is 13.2 Å². The van der Waals surface area contributed by atoms with Crippen molar-refractivity contribution in [2.45, 2.75) is 13.0 Å². The van der Waals surface area contributed by atoms with E-state index in [4.69, 9.17) is 21.1 Å². The normalized spacial score (nSPS) is 12.5. The van der Waals surface area contributed by atoms with Crippen molar-refractivity contribution >= 4 is 50.3 Å². The summed E-state index contributed by atoms with van der Waals surface area (Å²) in [5.74, 6) is 0.594. The second-order valence-electron chi connectivity index (χ2n) is 7.09. The Bertz CT molecular complexity index is 1300. The number of pyridine rings is 1. The third kappa shape index (κ3) is 5.71. The molecule has 0 saturated heterocycles. The number of hydrogen-bond acceptors (Lipinski definition) is 7. The van der Waals surface area contributed by atoms with Crippen molar-refractivity contribution < 1.29 is 22.7 Å². The summed E-state index contributed by atoms with van der Waals surface area (Å²) in [4.78, 5) is 17.0. The predicted molar refractivity (Wildman–Crippen MR) is 129 cm³/mol. The molecule has 1 atom stereocenters. The first-order valence-corrected chi connectivity index (χ1v) is 12.0. The van der Waals surface area contributed by atoms with Crippen LogP contribution in [0.3, 0.4) is 0 Å². The van der Waals surface area contributed by atoms with Gasteiger partial charge in [-0.1, -0.05) is 11.6 Å². The SMILES string of the molecule is COc1ccc(N([C@H](C)C(=O)N/N=C\c2cc3ccc(OC)cc3nc2Cl)S(C)(=O)=O)cc1. The van der Waals surface area contributed by atoms with Gasteiger partial charge >= 0.3 is 0 Å². The number of amides is 1. The summed E-state index contributed by atoms with van der Waals surface area (Å²) in [6.45, 7) is 1.47. The van der Waals surface area contributed by atoms with Crippen LogP contribution >= 0.6 is 11.6 Å². The summed E-state index contributed by atoms with van der Waals surface area (Å²) < 4.78 is 36.1. The molecule has 1 amide bonds. The van der Waals surface area contributed by atoms with Gasteiger partial charge in [-0.05, 0) is 49.4 Å². The molecule has 0 radical (unpaired) electrons. The number of aromatic nitrogens is 1. The van der Waals surface area contributed by atoms with Gasteiger partial charge in [0.15, 0.2) is 0 Å². The molecule has 0 aliphatic carbocycles. The van der Waals surface area contributed by atoms with Crippen LogP contribution < -0.4 is 19.2 Å². The molecular formula is C22H23ClN4O5S. The Hall–Kier alpha value is -3.37. The zero-order valence-corrected chi connectivity index (χ0v) is 20.0. The monoisotopic (exact) mass is 490 g/mol. The van der Waals surface area contributed by atoms with Gasteiger partial charge in [0.25, 0.3) is 5.91 Å². The fraction of sp³-hybridized carbons (Fsp3) is 0.227. The zero-order chi connectivity index (χ0) is 24.2. The minimum absolute atomic E-state index is 0.192. The Balaban J connectivity index is 1.78. The van der Waals surface area contributed by atoms with Crippen molar-refractivity contribution in [3.05, 3.63) is 59.2 Å². The Labute approximate surface area is 197 Å². The summed E-state index contributed by atoms with van der Waals surface area (Å²) in [5, 5.41) is 4.94. The highest BCUT2D eigenvalue weighted by Crippen LogP contribution is 2.25. The topological polar surface area (TPSA) is 110 Å². The number of sulfonamides is 1. The average Bonchev–Trinajstić information content (AvgIpc) is 2.78. The van der Waals surface area contributed by atoms with Gasteiger partial charge in [0.1, 0.15) is 22.7 Å². The van der Waals surface area contributed by atoms with E-state index in [1.807, 2.05) is 6.07 Å². The molecule has 33 heavy (non-hydrogen) atoms. The second-order valence-corrected chi connectivity index (χ2v) is 9.31. The van der Waals surface area contributed by atoms with Gasteiger partial charge in [-0.2, -0.15) is 5.10 Å². The van der Waals surface area contributed by atoms with Gasteiger partial charge in [-0.25, -0.2) is 18.8 Å². The average molecular weight is 491 g/mol. The molecule has 9 nitrogen and oxygen atoms in total. The molecule has 11 heteroatoms. The number of nitrogens with zero attached hydrogens (tertiary/aromatic N) is 3. The van der Waals surface area contributed by atoms with Crippen LogP contribution in [0.15, 0.2) is 53.6 Å². The minimum atomic E-state index is -3.76. The van der Waals surface area contributed by atoms with Crippen molar-refractivity contribution in [3.8, 4) is 11.5 Å². The van der Waals surface area contributed by atoms with Crippen molar-refractivity contribution in [1.82, 2.24) is 10.4 Å². The molecule has 1 heterocycles. The van der Waals surface area contributed by atoms with E-state index in [2.05, 4.69) is 15.5 Å². The van der Waals surface area contributed by atoms with Crippen molar-refractivity contribution in [2.24, 2.45) is 5.10 Å². The molecule has 0 aliphatic rings. The third-order valence-electron chi connectivity index (χ3n) is 4.80. The number of benzene rings is 2. The van der Waals surface area contributed by atoms with Crippen LogP contribution in [-0.2, 0) is 14.8 Å². The van der Waals surface area contributed by atoms with E-state index in [0.29, 0.717) is 28.3 Å². The summed E-state index contributed by atoms with van der Waals surface area (Å²) in [7, 11) is -0.689. The summed E-state index contributed by atoms with van der Waals surface area (Å²) in [5.41, 5.74) is 3.82. The smallest absolute Gasteiger partial charge is 0.263 e. The van der Waals surface area contributed by atoms with Gasteiger partial charge in [0, 0.05) is 17.0 Å². The van der Waals surface area contributed by atoms with Gasteiger partial charge < -0.3 is 9.47 Å². The maximum atomic E-state index is 12.7. The molecule has 0 aliphatic heterocycles. The van der Waals surface area contributed by atoms with E-state index in [-0.39, 0.29) is 5.15 Å². The summed E-state index contributed by atoms with van der Waals surface area (Å²) >= 11 is 6.24. The van der Waals surface area contributed by atoms with E-state index in [0.717, 1.165) is 15.9 Å². The van der Waals surface area contributed by atoms with Gasteiger partial charge in [-0.3, -0.25) is 9.10 Å². The molecule has 0 spiro atoms. The second kappa shape index (κ2) is 10.1. The number of carbonyl (C=O) groups excluding carboxylic acids is 1. The van der Waals surface area contributed by atoms with Gasteiger partial charge in [0.2, 0.25) is 10.0 Å². The first-order valence-electron chi connectivity index (χ1n) is 9.74. The number of hydrazone groups is 1. The lowest BCUT2D eigenvalue weighted by molar-refractivity contribution is -0.121. The largest absolute Gasteiger partial charge is 0.497 e. The number of carbonyl (C=O) groups is 1. The van der Waals surface area contributed by atoms with Crippen LogP contribution in [0.5, 0.6) is 11.5 Å². The molecule has 0 bridgehead atoms. The number of methoxy groups -OCH3 is 2. The summed E-state index contributed by atoms with van der Waals surface area (Å²) in [6.07, 6.45) is 2.38. The molecule has 3 rings (SSSR count). The lowest BCUT2D eigenvalue weighted by Crippen LogP contribution is -2.46.